The lowest BCUT2D eigenvalue weighted by Crippen LogP contribution is -3.14. The van der Waals surface area contributed by atoms with Crippen molar-refractivity contribution in [2.45, 2.75) is 13.8 Å². The van der Waals surface area contributed by atoms with Crippen LogP contribution in [0.5, 0.6) is 0 Å². The van der Waals surface area contributed by atoms with E-state index in [9.17, 15) is 4.79 Å². The molecule has 4 rings (SSSR count). The van der Waals surface area contributed by atoms with E-state index in [2.05, 4.69) is 13.0 Å². The van der Waals surface area contributed by atoms with Crippen molar-refractivity contribution in [1.82, 2.24) is 4.98 Å². The van der Waals surface area contributed by atoms with Crippen molar-refractivity contribution in [3.8, 4) is 0 Å². The number of quaternary nitrogens is 1. The Morgan fingerprint density at radius 1 is 1.14 bits per heavy atom. The van der Waals surface area contributed by atoms with E-state index in [4.69, 9.17) is 9.72 Å². The molecule has 1 amide bonds. The van der Waals surface area contributed by atoms with Crippen LogP contribution in [0.15, 0.2) is 42.5 Å². The second kappa shape index (κ2) is 8.39. The summed E-state index contributed by atoms with van der Waals surface area (Å²) in [6.45, 7) is 9.24. The average molecular weight is 397 g/mol. The number of nitrogens with one attached hydrogen (secondary N) is 1. The number of aryl methyl sites for hydroxylation is 2. The first-order valence-corrected chi connectivity index (χ1v) is 10.6. The zero-order valence-electron chi connectivity index (χ0n) is 16.4. The Morgan fingerprint density at radius 3 is 2.68 bits per heavy atom. The van der Waals surface area contributed by atoms with Crippen molar-refractivity contribution in [3.05, 3.63) is 59.2 Å². The second-order valence-electron chi connectivity index (χ2n) is 7.33. The molecule has 1 aliphatic heterocycles. The Hall–Kier alpha value is -2.28. The summed E-state index contributed by atoms with van der Waals surface area (Å²) in [4.78, 5) is 21.5. The Balaban J connectivity index is 1.63. The second-order valence-corrected chi connectivity index (χ2v) is 8.34. The summed E-state index contributed by atoms with van der Waals surface area (Å²) in [5.74, 6) is 0.0230. The summed E-state index contributed by atoms with van der Waals surface area (Å²) in [6, 6.07) is 14.0. The number of carbonyl (C=O) groups is 1. The van der Waals surface area contributed by atoms with Crippen molar-refractivity contribution in [3.63, 3.8) is 0 Å². The number of ether oxygens (including phenoxy) is 1. The molecular weight excluding hydrogens is 370 g/mol. The number of carbonyl (C=O) groups excluding carboxylic acids is 1. The molecule has 1 aliphatic rings. The van der Waals surface area contributed by atoms with Crippen LogP contribution in [0.2, 0.25) is 0 Å². The molecule has 1 fully saturated rings. The molecule has 0 unspecified atom stereocenters. The average Bonchev–Trinajstić information content (AvgIpc) is 3.14. The zero-order chi connectivity index (χ0) is 19.5. The monoisotopic (exact) mass is 396 g/mol. The van der Waals surface area contributed by atoms with Gasteiger partial charge in [-0.25, -0.2) is 4.98 Å². The summed E-state index contributed by atoms with van der Waals surface area (Å²) >= 11 is 1.58. The van der Waals surface area contributed by atoms with E-state index in [1.165, 1.54) is 10.5 Å². The highest BCUT2D eigenvalue weighted by molar-refractivity contribution is 7.22. The predicted octanol–water partition coefficient (Wildman–Crippen LogP) is 2.48. The van der Waals surface area contributed by atoms with Crippen LogP contribution in [-0.2, 0) is 4.74 Å². The highest BCUT2D eigenvalue weighted by atomic mass is 32.1. The Labute approximate surface area is 169 Å². The first-order chi connectivity index (χ1) is 13.6. The molecule has 0 radical (unpaired) electrons. The van der Waals surface area contributed by atoms with Crippen molar-refractivity contribution in [2.24, 2.45) is 0 Å². The van der Waals surface area contributed by atoms with E-state index in [1.54, 1.807) is 11.3 Å². The number of anilines is 1. The Morgan fingerprint density at radius 2 is 1.93 bits per heavy atom. The maximum atomic E-state index is 13.4. The van der Waals surface area contributed by atoms with Crippen LogP contribution < -0.4 is 9.80 Å². The molecule has 0 bridgehead atoms. The highest BCUT2D eigenvalue weighted by Gasteiger charge is 2.24. The van der Waals surface area contributed by atoms with Gasteiger partial charge in [-0.3, -0.25) is 9.69 Å². The number of morpholine rings is 1. The number of amides is 1. The molecule has 3 aromatic rings. The topological polar surface area (TPSA) is 46.9 Å². The Kier molecular flexibility index (Phi) is 5.71. The molecule has 6 heteroatoms. The maximum Gasteiger partial charge on any atom is 0.260 e. The number of benzene rings is 2. The number of thiazole rings is 1. The summed E-state index contributed by atoms with van der Waals surface area (Å²) in [6.07, 6.45) is 0. The van der Waals surface area contributed by atoms with E-state index in [0.29, 0.717) is 6.54 Å². The molecule has 1 aromatic heterocycles. The van der Waals surface area contributed by atoms with Crippen molar-refractivity contribution < 1.29 is 14.4 Å². The molecule has 28 heavy (non-hydrogen) atoms. The third-order valence-electron chi connectivity index (χ3n) is 5.40. The quantitative estimate of drug-likeness (QED) is 0.721. The van der Waals surface area contributed by atoms with Gasteiger partial charge in [-0.1, -0.05) is 29.5 Å². The van der Waals surface area contributed by atoms with Gasteiger partial charge in [-0.2, -0.15) is 0 Å². The van der Waals surface area contributed by atoms with Crippen LogP contribution in [0.3, 0.4) is 0 Å². The summed E-state index contributed by atoms with van der Waals surface area (Å²) in [5, 5.41) is 0.775. The number of hydrogen-bond acceptors (Lipinski definition) is 4. The Bertz CT molecular complexity index is 946. The number of para-hydroxylation sites is 1. The summed E-state index contributed by atoms with van der Waals surface area (Å²) in [5.41, 5.74) is 3.99. The van der Waals surface area contributed by atoms with Gasteiger partial charge in [-0.05, 0) is 49.2 Å². The molecule has 2 aromatic carbocycles. The number of nitrogens with zero attached hydrogens (tertiary/aromatic N) is 2. The summed E-state index contributed by atoms with van der Waals surface area (Å²) < 4.78 is 6.57. The fourth-order valence-electron chi connectivity index (χ4n) is 3.47. The molecule has 0 saturated carbocycles. The maximum absolute atomic E-state index is 13.4. The number of rotatable bonds is 5. The largest absolute Gasteiger partial charge is 0.370 e. The SMILES string of the molecule is Cc1ccc(C(=O)N(CC[NH+]2CCOCC2)c2nc3ccccc3s2)cc1C. The minimum atomic E-state index is 0.0230. The minimum Gasteiger partial charge on any atom is -0.370 e. The first-order valence-electron chi connectivity index (χ1n) is 9.78. The van der Waals surface area contributed by atoms with Gasteiger partial charge in [0.2, 0.25) is 0 Å². The van der Waals surface area contributed by atoms with E-state index in [-0.39, 0.29) is 5.91 Å². The fraction of sp³-hybridized carbons (Fsp3) is 0.364. The lowest BCUT2D eigenvalue weighted by molar-refractivity contribution is -0.906. The van der Waals surface area contributed by atoms with E-state index < -0.39 is 0 Å². The fourth-order valence-corrected chi connectivity index (χ4v) is 4.46. The smallest absolute Gasteiger partial charge is 0.260 e. The number of fused-ring (bicyclic) bond motifs is 1. The molecule has 1 N–H and O–H groups in total. The molecule has 1 saturated heterocycles. The third-order valence-corrected chi connectivity index (χ3v) is 6.46. The first kappa shape index (κ1) is 19.1. The van der Waals surface area contributed by atoms with Crippen molar-refractivity contribution in [2.75, 3.05) is 44.3 Å². The van der Waals surface area contributed by atoms with Crippen LogP contribution in [0.1, 0.15) is 21.5 Å². The van der Waals surface area contributed by atoms with Crippen LogP contribution in [0, 0.1) is 13.8 Å². The molecule has 0 aliphatic carbocycles. The van der Waals surface area contributed by atoms with Gasteiger partial charge in [0.1, 0.15) is 13.1 Å². The van der Waals surface area contributed by atoms with Crippen LogP contribution >= 0.6 is 11.3 Å². The number of hydrogen-bond donors (Lipinski definition) is 1. The van der Waals surface area contributed by atoms with Gasteiger partial charge in [0.05, 0.1) is 36.5 Å². The van der Waals surface area contributed by atoms with Gasteiger partial charge >= 0.3 is 0 Å². The van der Waals surface area contributed by atoms with E-state index >= 15 is 0 Å². The van der Waals surface area contributed by atoms with E-state index in [1.807, 2.05) is 48.2 Å². The lowest BCUT2D eigenvalue weighted by atomic mass is 10.1. The number of aromatic nitrogens is 1. The lowest BCUT2D eigenvalue weighted by Gasteiger charge is -2.27. The van der Waals surface area contributed by atoms with Crippen LogP contribution in [0.4, 0.5) is 5.13 Å². The van der Waals surface area contributed by atoms with Gasteiger partial charge in [0.25, 0.3) is 5.91 Å². The molecule has 146 valence electrons. The van der Waals surface area contributed by atoms with Crippen LogP contribution in [-0.4, -0.2) is 50.3 Å². The molecule has 0 atom stereocenters. The molecule has 2 heterocycles. The standard InChI is InChI=1S/C22H25N3O2S/c1-16-7-8-18(15-17(16)2)21(26)25(10-9-24-11-13-27-14-12-24)22-23-19-5-3-4-6-20(19)28-22/h3-8,15H,9-14H2,1-2H3/p+1. The van der Waals surface area contributed by atoms with Crippen molar-refractivity contribution >= 4 is 32.6 Å². The van der Waals surface area contributed by atoms with Gasteiger partial charge in [-0.15, -0.1) is 0 Å². The van der Waals surface area contributed by atoms with E-state index in [0.717, 1.165) is 59.3 Å². The molecular formula is C22H26N3O2S+. The van der Waals surface area contributed by atoms with Gasteiger partial charge < -0.3 is 9.64 Å². The van der Waals surface area contributed by atoms with Gasteiger partial charge in [0, 0.05) is 5.56 Å². The van der Waals surface area contributed by atoms with Crippen LogP contribution in [0.25, 0.3) is 10.2 Å². The molecule has 5 nitrogen and oxygen atoms in total. The zero-order valence-corrected chi connectivity index (χ0v) is 17.2. The third kappa shape index (κ3) is 4.09. The normalized spacial score (nSPS) is 15.1. The summed E-state index contributed by atoms with van der Waals surface area (Å²) in [7, 11) is 0. The minimum absolute atomic E-state index is 0.0230. The predicted molar refractivity (Wildman–Crippen MR) is 114 cm³/mol. The van der Waals surface area contributed by atoms with Gasteiger partial charge in [0.15, 0.2) is 5.13 Å². The van der Waals surface area contributed by atoms with Crippen molar-refractivity contribution in [1.29, 1.82) is 0 Å². The molecule has 0 spiro atoms. The highest BCUT2D eigenvalue weighted by Crippen LogP contribution is 2.29.